The Labute approximate surface area is 76.0 Å². The smallest absolute Gasteiger partial charge is 0.124 e. The van der Waals surface area contributed by atoms with E-state index < -0.39 is 0 Å². The number of hydrogen-bond donors (Lipinski definition) is 1. The van der Waals surface area contributed by atoms with E-state index in [1.165, 1.54) is 12.1 Å². The molecule has 1 unspecified atom stereocenters. The highest BCUT2D eigenvalue weighted by molar-refractivity contribution is 5.35. The summed E-state index contributed by atoms with van der Waals surface area (Å²) in [5.41, 5.74) is 1.27. The van der Waals surface area contributed by atoms with Gasteiger partial charge in [-0.3, -0.25) is 0 Å². The Bertz CT molecular complexity index is 364. The lowest BCUT2D eigenvalue weighted by Crippen LogP contribution is -2.35. The van der Waals surface area contributed by atoms with E-state index in [4.69, 9.17) is 5.26 Å². The molecule has 1 heterocycles. The maximum absolute atomic E-state index is 13.0. The van der Waals surface area contributed by atoms with Gasteiger partial charge in [-0.2, -0.15) is 5.26 Å². The molecule has 1 N–H and O–H groups in total. The summed E-state index contributed by atoms with van der Waals surface area (Å²) in [5.74, 6) is -0.331. The van der Waals surface area contributed by atoms with Crippen LogP contribution in [0, 0.1) is 17.1 Å². The first kappa shape index (κ1) is 8.21. The van der Waals surface area contributed by atoms with Crippen molar-refractivity contribution in [2.75, 3.05) is 6.54 Å². The molecule has 0 amide bonds. The van der Waals surface area contributed by atoms with Crippen LogP contribution < -0.4 is 5.32 Å². The van der Waals surface area contributed by atoms with E-state index in [9.17, 15) is 4.39 Å². The second-order valence-corrected chi connectivity index (χ2v) is 3.18. The third-order valence-electron chi connectivity index (χ3n) is 2.28. The summed E-state index contributed by atoms with van der Waals surface area (Å²) < 4.78 is 13.0. The van der Waals surface area contributed by atoms with E-state index in [2.05, 4.69) is 5.32 Å². The average molecular weight is 176 g/mol. The van der Waals surface area contributed by atoms with Crippen LogP contribution in [0.2, 0.25) is 0 Å². The molecule has 2 rings (SSSR count). The summed E-state index contributed by atoms with van der Waals surface area (Å²) in [6.45, 7) is 0.975. The third kappa shape index (κ3) is 1.53. The first-order chi connectivity index (χ1) is 6.29. The Morgan fingerprint density at radius 1 is 1.46 bits per heavy atom. The van der Waals surface area contributed by atoms with Crippen molar-refractivity contribution in [1.29, 1.82) is 5.26 Å². The number of rotatable bonds is 1. The van der Waals surface area contributed by atoms with E-state index in [-0.39, 0.29) is 11.9 Å². The maximum Gasteiger partial charge on any atom is 0.124 e. The van der Waals surface area contributed by atoms with Crippen LogP contribution in [0.25, 0.3) is 0 Å². The van der Waals surface area contributed by atoms with Gasteiger partial charge in [-0.25, -0.2) is 4.39 Å². The minimum absolute atomic E-state index is 0.239. The minimum Gasteiger partial charge on any atom is -0.310 e. The molecule has 3 heteroatoms. The fourth-order valence-electron chi connectivity index (χ4n) is 1.45. The van der Waals surface area contributed by atoms with Crippen LogP contribution in [0.5, 0.6) is 0 Å². The molecule has 0 radical (unpaired) electrons. The van der Waals surface area contributed by atoms with Gasteiger partial charge >= 0.3 is 0 Å². The molecule has 1 aliphatic heterocycles. The Balaban J connectivity index is 2.35. The van der Waals surface area contributed by atoms with Crippen molar-refractivity contribution in [1.82, 2.24) is 5.32 Å². The Hall–Kier alpha value is -1.40. The fourth-order valence-corrected chi connectivity index (χ4v) is 1.45. The van der Waals surface area contributed by atoms with Crippen molar-refractivity contribution in [2.24, 2.45) is 0 Å². The number of halogens is 1. The second-order valence-electron chi connectivity index (χ2n) is 3.18. The number of nitrogens with zero attached hydrogens (tertiary/aromatic N) is 1. The normalized spacial score (nSPS) is 20.5. The van der Waals surface area contributed by atoms with Gasteiger partial charge in [0, 0.05) is 6.04 Å². The van der Waals surface area contributed by atoms with E-state index in [1.54, 1.807) is 6.07 Å². The van der Waals surface area contributed by atoms with Gasteiger partial charge in [0.25, 0.3) is 0 Å². The van der Waals surface area contributed by atoms with Crippen LogP contribution in [0.1, 0.15) is 23.6 Å². The van der Waals surface area contributed by atoms with E-state index in [0.717, 1.165) is 18.5 Å². The first-order valence-corrected chi connectivity index (χ1v) is 4.23. The van der Waals surface area contributed by atoms with E-state index in [0.29, 0.717) is 5.56 Å². The Morgan fingerprint density at radius 3 is 2.77 bits per heavy atom. The summed E-state index contributed by atoms with van der Waals surface area (Å²) in [6, 6.07) is 6.65. The Morgan fingerprint density at radius 2 is 2.23 bits per heavy atom. The molecule has 1 aromatic carbocycles. The summed E-state index contributed by atoms with van der Waals surface area (Å²) in [5, 5.41) is 11.8. The van der Waals surface area contributed by atoms with Gasteiger partial charge < -0.3 is 5.32 Å². The predicted molar refractivity (Wildman–Crippen MR) is 46.5 cm³/mol. The highest BCUT2D eigenvalue weighted by Gasteiger charge is 2.19. The van der Waals surface area contributed by atoms with Gasteiger partial charge in [0.15, 0.2) is 0 Å². The molecule has 0 saturated carbocycles. The standard InChI is InChI=1S/C10H9FN2/c11-9-4-7(6-12)3-8(5-9)10-1-2-13-10/h3-5,10,13H,1-2H2. The van der Waals surface area contributed by atoms with Crippen molar-refractivity contribution >= 4 is 0 Å². The lowest BCUT2D eigenvalue weighted by molar-refractivity contribution is 0.382. The zero-order valence-electron chi connectivity index (χ0n) is 7.05. The van der Waals surface area contributed by atoms with E-state index in [1.807, 2.05) is 6.07 Å². The molecule has 1 atom stereocenters. The van der Waals surface area contributed by atoms with Crippen molar-refractivity contribution < 1.29 is 4.39 Å². The molecule has 0 aliphatic carbocycles. The zero-order valence-corrected chi connectivity index (χ0v) is 7.05. The van der Waals surface area contributed by atoms with Crippen molar-refractivity contribution in [3.63, 3.8) is 0 Å². The maximum atomic E-state index is 13.0. The van der Waals surface area contributed by atoms with Gasteiger partial charge in [-0.05, 0) is 36.7 Å². The lowest BCUT2D eigenvalue weighted by Gasteiger charge is -2.28. The van der Waals surface area contributed by atoms with Gasteiger partial charge in [0.05, 0.1) is 11.6 Å². The van der Waals surface area contributed by atoms with Crippen LogP contribution in [0.3, 0.4) is 0 Å². The highest BCUT2D eigenvalue weighted by atomic mass is 19.1. The molecule has 2 nitrogen and oxygen atoms in total. The van der Waals surface area contributed by atoms with Crippen LogP contribution in [-0.4, -0.2) is 6.54 Å². The van der Waals surface area contributed by atoms with Crippen molar-refractivity contribution in [2.45, 2.75) is 12.5 Å². The molecule has 1 saturated heterocycles. The Kier molecular flexibility index (Phi) is 1.99. The largest absolute Gasteiger partial charge is 0.310 e. The molecule has 0 aromatic heterocycles. The molecule has 0 bridgehead atoms. The number of hydrogen-bond acceptors (Lipinski definition) is 2. The topological polar surface area (TPSA) is 35.8 Å². The summed E-state index contributed by atoms with van der Waals surface area (Å²) >= 11 is 0. The van der Waals surface area contributed by atoms with Crippen LogP contribution in [0.4, 0.5) is 4.39 Å². The molecule has 1 aliphatic rings. The fraction of sp³-hybridized carbons (Fsp3) is 0.300. The lowest BCUT2D eigenvalue weighted by atomic mass is 9.96. The molecule has 66 valence electrons. The average Bonchev–Trinajstić information content (AvgIpc) is 2.00. The number of benzene rings is 1. The van der Waals surface area contributed by atoms with Gasteiger partial charge in [0.1, 0.15) is 5.82 Å². The molecule has 13 heavy (non-hydrogen) atoms. The summed E-state index contributed by atoms with van der Waals surface area (Å²) in [7, 11) is 0. The molecule has 1 fully saturated rings. The van der Waals surface area contributed by atoms with Gasteiger partial charge in [-0.15, -0.1) is 0 Å². The molecule has 1 aromatic rings. The first-order valence-electron chi connectivity index (χ1n) is 4.23. The zero-order chi connectivity index (χ0) is 9.26. The van der Waals surface area contributed by atoms with Gasteiger partial charge in [0.2, 0.25) is 0 Å². The van der Waals surface area contributed by atoms with Crippen molar-refractivity contribution in [3.05, 3.63) is 35.1 Å². The van der Waals surface area contributed by atoms with Gasteiger partial charge in [-0.1, -0.05) is 0 Å². The highest BCUT2D eigenvalue weighted by Crippen LogP contribution is 2.24. The third-order valence-corrected chi connectivity index (χ3v) is 2.28. The SMILES string of the molecule is N#Cc1cc(F)cc(C2CCN2)c1. The predicted octanol–water partition coefficient (Wildman–Crippen LogP) is 1.73. The van der Waals surface area contributed by atoms with E-state index >= 15 is 0 Å². The summed E-state index contributed by atoms with van der Waals surface area (Å²) in [4.78, 5) is 0. The molecular weight excluding hydrogens is 167 g/mol. The monoisotopic (exact) mass is 176 g/mol. The van der Waals surface area contributed by atoms with Crippen molar-refractivity contribution in [3.8, 4) is 6.07 Å². The molecule has 0 spiro atoms. The molecular formula is C10H9FN2. The summed E-state index contributed by atoms with van der Waals surface area (Å²) in [6.07, 6.45) is 1.02. The second kappa shape index (κ2) is 3.15. The quantitative estimate of drug-likeness (QED) is 0.707. The number of nitriles is 1. The van der Waals surface area contributed by atoms with Crippen LogP contribution in [-0.2, 0) is 0 Å². The van der Waals surface area contributed by atoms with Crippen LogP contribution in [0.15, 0.2) is 18.2 Å². The minimum atomic E-state index is -0.331. The van der Waals surface area contributed by atoms with Crippen LogP contribution >= 0.6 is 0 Å². The number of nitrogens with one attached hydrogen (secondary N) is 1.